The molecule has 2 rings (SSSR count). The van der Waals surface area contributed by atoms with E-state index in [2.05, 4.69) is 63.1 Å². The molecule has 0 aliphatic carbocycles. The average Bonchev–Trinajstić information content (AvgIpc) is 2.38. The van der Waals surface area contributed by atoms with Crippen LogP contribution in [0.4, 0.5) is 11.4 Å². The second kappa shape index (κ2) is 5.67. The van der Waals surface area contributed by atoms with Gasteiger partial charge in [-0.1, -0.05) is 0 Å². The first kappa shape index (κ1) is 14.6. The summed E-state index contributed by atoms with van der Waals surface area (Å²) in [6.45, 7) is 2.71. The van der Waals surface area contributed by atoms with E-state index in [9.17, 15) is 0 Å². The van der Waals surface area contributed by atoms with Crippen molar-refractivity contribution in [1.29, 1.82) is 0 Å². The van der Waals surface area contributed by atoms with Gasteiger partial charge in [0.05, 0.1) is 11.2 Å². The highest BCUT2D eigenvalue weighted by atomic mass is 15.1. The van der Waals surface area contributed by atoms with E-state index < -0.39 is 0 Å². The van der Waals surface area contributed by atoms with Crippen LogP contribution < -0.4 is 15.5 Å². The molecule has 2 aromatic rings. The highest BCUT2D eigenvalue weighted by Gasteiger charge is 2.14. The fourth-order valence-corrected chi connectivity index (χ4v) is 2.63. The third-order valence-corrected chi connectivity index (χ3v) is 3.60. The van der Waals surface area contributed by atoms with Gasteiger partial charge in [0.15, 0.2) is 0 Å². The second-order valence-electron chi connectivity index (χ2n) is 5.55. The standard InChI is InChI=1S/C16H24N4/c1-11-13(8-9-17)16(20(4)5)14-10-12(19(2)3)6-7-15(14)18-11/h6-7,10H,8-9,17H2,1-5H3. The molecule has 0 unspecified atom stereocenters. The summed E-state index contributed by atoms with van der Waals surface area (Å²) in [6, 6.07) is 6.41. The van der Waals surface area contributed by atoms with Crippen LogP contribution in [0, 0.1) is 6.92 Å². The Bertz CT molecular complexity index is 617. The van der Waals surface area contributed by atoms with E-state index in [-0.39, 0.29) is 0 Å². The van der Waals surface area contributed by atoms with E-state index in [0.717, 1.165) is 17.6 Å². The molecule has 1 aromatic heterocycles. The number of rotatable bonds is 4. The monoisotopic (exact) mass is 272 g/mol. The van der Waals surface area contributed by atoms with Crippen molar-refractivity contribution in [3.63, 3.8) is 0 Å². The number of benzene rings is 1. The van der Waals surface area contributed by atoms with Crippen molar-refractivity contribution in [2.45, 2.75) is 13.3 Å². The molecule has 20 heavy (non-hydrogen) atoms. The molecular weight excluding hydrogens is 248 g/mol. The molecule has 0 amide bonds. The number of nitrogens with zero attached hydrogens (tertiary/aromatic N) is 3. The van der Waals surface area contributed by atoms with Crippen molar-refractivity contribution in [1.82, 2.24) is 4.98 Å². The van der Waals surface area contributed by atoms with Gasteiger partial charge in [0.2, 0.25) is 0 Å². The minimum Gasteiger partial charge on any atom is -0.378 e. The van der Waals surface area contributed by atoms with Crippen LogP contribution in [-0.2, 0) is 6.42 Å². The molecule has 2 N–H and O–H groups in total. The van der Waals surface area contributed by atoms with Gasteiger partial charge < -0.3 is 15.5 Å². The summed E-state index contributed by atoms with van der Waals surface area (Å²) in [5.41, 5.74) is 11.6. The lowest BCUT2D eigenvalue weighted by molar-refractivity contribution is 0.933. The summed E-state index contributed by atoms with van der Waals surface area (Å²) >= 11 is 0. The quantitative estimate of drug-likeness (QED) is 0.926. The van der Waals surface area contributed by atoms with Gasteiger partial charge in [0.25, 0.3) is 0 Å². The maximum atomic E-state index is 5.77. The van der Waals surface area contributed by atoms with Gasteiger partial charge in [0.1, 0.15) is 0 Å². The van der Waals surface area contributed by atoms with Crippen LogP contribution in [0.1, 0.15) is 11.3 Å². The summed E-state index contributed by atoms with van der Waals surface area (Å²) in [5.74, 6) is 0. The molecule has 0 spiro atoms. The van der Waals surface area contributed by atoms with Gasteiger partial charge in [0, 0.05) is 45.0 Å². The number of fused-ring (bicyclic) bond motifs is 1. The zero-order chi connectivity index (χ0) is 14.9. The molecule has 0 bridgehead atoms. The smallest absolute Gasteiger partial charge is 0.0727 e. The molecule has 4 nitrogen and oxygen atoms in total. The Balaban J connectivity index is 2.79. The summed E-state index contributed by atoms with van der Waals surface area (Å²) < 4.78 is 0. The van der Waals surface area contributed by atoms with Crippen molar-refractivity contribution in [3.05, 3.63) is 29.5 Å². The molecular formula is C16H24N4. The van der Waals surface area contributed by atoms with Crippen LogP contribution in [0.15, 0.2) is 18.2 Å². The molecule has 0 atom stereocenters. The second-order valence-corrected chi connectivity index (χ2v) is 5.55. The third-order valence-electron chi connectivity index (χ3n) is 3.60. The molecule has 0 radical (unpaired) electrons. The van der Waals surface area contributed by atoms with E-state index in [1.165, 1.54) is 22.3 Å². The maximum Gasteiger partial charge on any atom is 0.0727 e. The topological polar surface area (TPSA) is 45.4 Å². The van der Waals surface area contributed by atoms with Crippen molar-refractivity contribution in [2.24, 2.45) is 5.73 Å². The predicted molar refractivity (Wildman–Crippen MR) is 87.9 cm³/mol. The zero-order valence-electron chi connectivity index (χ0n) is 13.1. The Morgan fingerprint density at radius 3 is 2.35 bits per heavy atom. The number of pyridine rings is 1. The first-order valence-electron chi connectivity index (χ1n) is 6.93. The number of hydrogen-bond donors (Lipinski definition) is 1. The first-order valence-corrected chi connectivity index (χ1v) is 6.93. The van der Waals surface area contributed by atoms with Crippen LogP contribution in [0.3, 0.4) is 0 Å². The normalized spacial score (nSPS) is 10.9. The molecule has 0 aliphatic heterocycles. The van der Waals surface area contributed by atoms with Crippen LogP contribution in [-0.4, -0.2) is 39.7 Å². The number of nitrogens with two attached hydrogens (primary N) is 1. The van der Waals surface area contributed by atoms with E-state index in [4.69, 9.17) is 10.7 Å². The Morgan fingerprint density at radius 2 is 1.80 bits per heavy atom. The van der Waals surface area contributed by atoms with E-state index in [1.807, 2.05) is 0 Å². The van der Waals surface area contributed by atoms with Gasteiger partial charge in [-0.3, -0.25) is 4.98 Å². The van der Waals surface area contributed by atoms with Gasteiger partial charge in [-0.25, -0.2) is 0 Å². The van der Waals surface area contributed by atoms with Gasteiger partial charge in [-0.05, 0) is 43.7 Å². The van der Waals surface area contributed by atoms with Crippen LogP contribution in [0.2, 0.25) is 0 Å². The zero-order valence-corrected chi connectivity index (χ0v) is 13.1. The van der Waals surface area contributed by atoms with E-state index in [0.29, 0.717) is 6.54 Å². The predicted octanol–water partition coefficient (Wildman–Crippen LogP) is 2.18. The summed E-state index contributed by atoms with van der Waals surface area (Å²) in [6.07, 6.45) is 0.856. The Morgan fingerprint density at radius 1 is 1.10 bits per heavy atom. The van der Waals surface area contributed by atoms with Crippen LogP contribution in [0.5, 0.6) is 0 Å². The highest BCUT2D eigenvalue weighted by Crippen LogP contribution is 2.33. The molecule has 108 valence electrons. The lowest BCUT2D eigenvalue weighted by atomic mass is 10.0. The van der Waals surface area contributed by atoms with Gasteiger partial charge >= 0.3 is 0 Å². The van der Waals surface area contributed by atoms with Crippen molar-refractivity contribution in [2.75, 3.05) is 44.5 Å². The molecule has 0 fully saturated rings. The number of anilines is 2. The molecule has 1 heterocycles. The Hall–Kier alpha value is -1.81. The summed E-state index contributed by atoms with van der Waals surface area (Å²) in [5, 5.41) is 1.19. The Kier molecular flexibility index (Phi) is 4.14. The molecule has 1 aromatic carbocycles. The minimum atomic E-state index is 0.641. The van der Waals surface area contributed by atoms with Gasteiger partial charge in [-0.2, -0.15) is 0 Å². The fraction of sp³-hybridized carbons (Fsp3) is 0.438. The molecule has 0 saturated heterocycles. The summed E-state index contributed by atoms with van der Waals surface area (Å²) in [7, 11) is 8.27. The number of hydrogen-bond acceptors (Lipinski definition) is 4. The number of aromatic nitrogens is 1. The lowest BCUT2D eigenvalue weighted by Gasteiger charge is -2.23. The van der Waals surface area contributed by atoms with Crippen LogP contribution in [0.25, 0.3) is 10.9 Å². The lowest BCUT2D eigenvalue weighted by Crippen LogP contribution is -2.16. The van der Waals surface area contributed by atoms with E-state index in [1.54, 1.807) is 0 Å². The molecule has 4 heteroatoms. The van der Waals surface area contributed by atoms with E-state index >= 15 is 0 Å². The minimum absolute atomic E-state index is 0.641. The average molecular weight is 272 g/mol. The van der Waals surface area contributed by atoms with Crippen molar-refractivity contribution < 1.29 is 0 Å². The fourth-order valence-electron chi connectivity index (χ4n) is 2.63. The van der Waals surface area contributed by atoms with Crippen molar-refractivity contribution >= 4 is 22.3 Å². The first-order chi connectivity index (χ1) is 9.45. The van der Waals surface area contributed by atoms with Crippen LogP contribution >= 0.6 is 0 Å². The van der Waals surface area contributed by atoms with Crippen molar-refractivity contribution in [3.8, 4) is 0 Å². The summed E-state index contributed by atoms with van der Waals surface area (Å²) in [4.78, 5) is 9.02. The molecule has 0 aliphatic rings. The molecule has 0 saturated carbocycles. The number of aryl methyl sites for hydroxylation is 1. The third kappa shape index (κ3) is 2.56. The SMILES string of the molecule is Cc1nc2ccc(N(C)C)cc2c(N(C)C)c1CCN. The maximum absolute atomic E-state index is 5.77. The van der Waals surface area contributed by atoms with Gasteiger partial charge in [-0.15, -0.1) is 0 Å². The largest absolute Gasteiger partial charge is 0.378 e. The highest BCUT2D eigenvalue weighted by molar-refractivity contribution is 5.96. The Labute approximate surface area is 121 Å².